The molecule has 3 aliphatic carbocycles. The Morgan fingerprint density at radius 3 is 1.80 bits per heavy atom. The van der Waals surface area contributed by atoms with E-state index in [4.69, 9.17) is 0 Å². The first-order valence-electron chi connectivity index (χ1n) is 6.20. The lowest BCUT2D eigenvalue weighted by Crippen LogP contribution is -2.41. The first kappa shape index (κ1) is 9.38. The summed E-state index contributed by atoms with van der Waals surface area (Å²) in [5.41, 5.74) is 0. The first-order chi connectivity index (χ1) is 7.36. The summed E-state index contributed by atoms with van der Waals surface area (Å²) in [6.45, 7) is 0. The van der Waals surface area contributed by atoms with Gasteiger partial charge in [0.25, 0.3) is 0 Å². The van der Waals surface area contributed by atoms with Crippen molar-refractivity contribution in [1.29, 1.82) is 0 Å². The largest absolute Gasteiger partial charge is 0.299 e. The fourth-order valence-electron chi connectivity index (χ4n) is 3.62. The van der Waals surface area contributed by atoms with Crippen LogP contribution in [0.4, 0.5) is 0 Å². The molecule has 0 saturated heterocycles. The normalized spacial score (nSPS) is 43.6. The van der Waals surface area contributed by atoms with Gasteiger partial charge < -0.3 is 0 Å². The Balaban J connectivity index is 1.86. The van der Waals surface area contributed by atoms with Crippen molar-refractivity contribution in [2.45, 2.75) is 32.1 Å². The van der Waals surface area contributed by atoms with Crippen LogP contribution in [0.3, 0.4) is 0 Å². The summed E-state index contributed by atoms with van der Waals surface area (Å²) in [5, 5.41) is 0. The van der Waals surface area contributed by atoms with Crippen molar-refractivity contribution in [3.63, 3.8) is 0 Å². The zero-order valence-corrected chi connectivity index (χ0v) is 9.06. The van der Waals surface area contributed by atoms with Crippen molar-refractivity contribution in [2.75, 3.05) is 0 Å². The van der Waals surface area contributed by atoms with Crippen LogP contribution in [0.15, 0.2) is 24.3 Å². The average molecular weight is 202 g/mol. The Kier molecular flexibility index (Phi) is 2.27. The lowest BCUT2D eigenvalue weighted by molar-refractivity contribution is -0.134. The molecule has 0 aromatic heterocycles. The van der Waals surface area contributed by atoms with Crippen LogP contribution in [0, 0.1) is 23.7 Å². The molecule has 1 nitrogen and oxygen atoms in total. The molecule has 1 fully saturated rings. The quantitative estimate of drug-likeness (QED) is 0.551. The number of hydrogen-bond acceptors (Lipinski definition) is 1. The molecule has 1 saturated carbocycles. The third-order valence-electron chi connectivity index (χ3n) is 4.47. The molecule has 0 radical (unpaired) electrons. The number of fused-ring (bicyclic) bond motifs is 2. The van der Waals surface area contributed by atoms with Gasteiger partial charge in [-0.15, -0.1) is 0 Å². The first-order valence-corrected chi connectivity index (χ1v) is 6.20. The van der Waals surface area contributed by atoms with E-state index in [-0.39, 0.29) is 0 Å². The Labute approximate surface area is 91.2 Å². The van der Waals surface area contributed by atoms with Gasteiger partial charge in [0.05, 0.1) is 0 Å². The van der Waals surface area contributed by atoms with E-state index in [0.717, 1.165) is 25.7 Å². The summed E-state index contributed by atoms with van der Waals surface area (Å²) in [6, 6.07) is 0. The molecule has 1 heteroatoms. The molecule has 15 heavy (non-hydrogen) atoms. The maximum Gasteiger partial charge on any atom is 0.140 e. The summed E-state index contributed by atoms with van der Waals surface area (Å²) in [4.78, 5) is 12.3. The fraction of sp³-hybridized carbons (Fsp3) is 0.643. The molecule has 3 aliphatic rings. The van der Waals surface area contributed by atoms with Gasteiger partial charge >= 0.3 is 0 Å². The molecule has 0 N–H and O–H groups in total. The van der Waals surface area contributed by atoms with Crippen molar-refractivity contribution in [3.05, 3.63) is 24.3 Å². The van der Waals surface area contributed by atoms with Gasteiger partial charge in [-0.05, 0) is 43.9 Å². The monoisotopic (exact) mass is 202 g/mol. The Morgan fingerprint density at radius 2 is 1.27 bits per heavy atom. The van der Waals surface area contributed by atoms with Crippen LogP contribution in [0.5, 0.6) is 0 Å². The van der Waals surface area contributed by atoms with E-state index in [2.05, 4.69) is 24.3 Å². The van der Waals surface area contributed by atoms with Gasteiger partial charge in [-0.25, -0.2) is 0 Å². The molecule has 0 spiro atoms. The van der Waals surface area contributed by atoms with Gasteiger partial charge in [0.1, 0.15) is 5.78 Å². The fourth-order valence-corrected chi connectivity index (χ4v) is 3.62. The smallest absolute Gasteiger partial charge is 0.140 e. The zero-order valence-electron chi connectivity index (χ0n) is 9.06. The minimum Gasteiger partial charge on any atom is -0.299 e. The number of carbonyl (C=O) groups excluding carboxylic acids is 1. The lowest BCUT2D eigenvalue weighted by atomic mass is 9.61. The van der Waals surface area contributed by atoms with Crippen LogP contribution >= 0.6 is 0 Å². The topological polar surface area (TPSA) is 17.1 Å². The van der Waals surface area contributed by atoms with E-state index in [1.54, 1.807) is 0 Å². The van der Waals surface area contributed by atoms with Gasteiger partial charge in [0.15, 0.2) is 0 Å². The Morgan fingerprint density at radius 1 is 0.800 bits per heavy atom. The van der Waals surface area contributed by atoms with E-state index in [9.17, 15) is 4.79 Å². The summed E-state index contributed by atoms with van der Waals surface area (Å²) < 4.78 is 0. The van der Waals surface area contributed by atoms with Crippen molar-refractivity contribution in [3.8, 4) is 0 Å². The van der Waals surface area contributed by atoms with E-state index < -0.39 is 0 Å². The Hall–Kier alpha value is -0.850. The maximum atomic E-state index is 12.3. The van der Waals surface area contributed by atoms with Gasteiger partial charge in [-0.3, -0.25) is 4.79 Å². The second-order valence-electron chi connectivity index (χ2n) is 5.26. The highest BCUT2D eigenvalue weighted by molar-refractivity contribution is 5.85. The maximum absolute atomic E-state index is 12.3. The number of carbonyl (C=O) groups is 1. The van der Waals surface area contributed by atoms with Gasteiger partial charge in [0, 0.05) is 11.8 Å². The SMILES string of the molecule is O=C1[C@H]2CC=CC[C@@H]2C[C@@H]2CC=CC[C@H]12. The second kappa shape index (κ2) is 3.62. The third kappa shape index (κ3) is 1.49. The molecule has 0 aromatic carbocycles. The minimum absolute atomic E-state index is 0.364. The molecule has 3 rings (SSSR count). The highest BCUT2D eigenvalue weighted by atomic mass is 16.1. The number of Topliss-reactive ketones (excluding diaryl/α,β-unsaturated/α-hetero) is 1. The van der Waals surface area contributed by atoms with Crippen molar-refractivity contribution in [1.82, 2.24) is 0 Å². The van der Waals surface area contributed by atoms with Gasteiger partial charge in [-0.1, -0.05) is 24.3 Å². The molecule has 0 aromatic rings. The molecular formula is C14H18O. The highest BCUT2D eigenvalue weighted by Crippen LogP contribution is 2.45. The van der Waals surface area contributed by atoms with Crippen molar-refractivity contribution >= 4 is 5.78 Å². The minimum atomic E-state index is 0.364. The zero-order chi connectivity index (χ0) is 10.3. The second-order valence-corrected chi connectivity index (χ2v) is 5.26. The van der Waals surface area contributed by atoms with Crippen LogP contribution in [0.25, 0.3) is 0 Å². The summed E-state index contributed by atoms with van der Waals surface area (Å²) >= 11 is 0. The van der Waals surface area contributed by atoms with Gasteiger partial charge in [-0.2, -0.15) is 0 Å². The molecular weight excluding hydrogens is 184 g/mol. The Bertz CT molecular complexity index is 296. The predicted octanol–water partition coefficient (Wildman–Crippen LogP) is 3.12. The van der Waals surface area contributed by atoms with E-state index >= 15 is 0 Å². The van der Waals surface area contributed by atoms with Crippen molar-refractivity contribution < 1.29 is 4.79 Å². The highest BCUT2D eigenvalue weighted by Gasteiger charge is 2.43. The van der Waals surface area contributed by atoms with Gasteiger partial charge in [0.2, 0.25) is 0 Å². The molecule has 0 aliphatic heterocycles. The van der Waals surface area contributed by atoms with E-state index in [0.29, 0.717) is 29.5 Å². The predicted molar refractivity (Wildman–Crippen MR) is 60.3 cm³/mol. The number of ketones is 1. The van der Waals surface area contributed by atoms with Crippen LogP contribution in [0.1, 0.15) is 32.1 Å². The molecule has 0 amide bonds. The van der Waals surface area contributed by atoms with Crippen molar-refractivity contribution in [2.24, 2.45) is 23.7 Å². The van der Waals surface area contributed by atoms with E-state index in [1.165, 1.54) is 6.42 Å². The summed E-state index contributed by atoms with van der Waals surface area (Å²) in [7, 11) is 0. The third-order valence-corrected chi connectivity index (χ3v) is 4.47. The molecule has 0 bridgehead atoms. The number of hydrogen-bond donors (Lipinski definition) is 0. The molecule has 0 heterocycles. The average Bonchev–Trinajstić information content (AvgIpc) is 2.30. The molecule has 0 unspecified atom stereocenters. The van der Waals surface area contributed by atoms with Crippen LogP contribution < -0.4 is 0 Å². The number of rotatable bonds is 0. The van der Waals surface area contributed by atoms with Crippen LogP contribution in [0.2, 0.25) is 0 Å². The van der Waals surface area contributed by atoms with E-state index in [1.807, 2.05) is 0 Å². The lowest BCUT2D eigenvalue weighted by Gasteiger charge is -2.42. The molecule has 80 valence electrons. The van der Waals surface area contributed by atoms with Crippen LogP contribution in [-0.4, -0.2) is 5.78 Å². The summed E-state index contributed by atoms with van der Waals surface area (Å²) in [5.74, 6) is 2.63. The molecule has 4 atom stereocenters. The standard InChI is InChI=1S/C14H18O/c15-14-12-7-3-1-5-10(12)9-11-6-2-4-8-13(11)14/h1-4,10-13H,5-9H2/t10-,11+,12-,13-/m0/s1. The van der Waals surface area contributed by atoms with Crippen LogP contribution in [-0.2, 0) is 4.79 Å². The summed E-state index contributed by atoms with van der Waals surface area (Å²) in [6.07, 6.45) is 14.5. The number of allylic oxidation sites excluding steroid dienone is 4.